The molecule has 3 nitrogen and oxygen atoms in total. The van der Waals surface area contributed by atoms with Crippen LogP contribution in [0.25, 0.3) is 0 Å². The molecular formula is C19H19ClF2N2O. The van der Waals surface area contributed by atoms with Crippen LogP contribution in [0.5, 0.6) is 0 Å². The second kappa shape index (κ2) is 7.93. The quantitative estimate of drug-likeness (QED) is 0.749. The maximum Gasteiger partial charge on any atom is 0.164 e. The number of halogens is 3. The fourth-order valence-electron chi connectivity index (χ4n) is 2.96. The minimum Gasteiger partial charge on any atom is -0.369 e. The number of carbonyl (C=O) groups excluding carboxylic acids is 1. The molecule has 0 bridgehead atoms. The molecule has 132 valence electrons. The Morgan fingerprint density at radius 2 is 1.68 bits per heavy atom. The van der Waals surface area contributed by atoms with Gasteiger partial charge in [-0.2, -0.15) is 0 Å². The summed E-state index contributed by atoms with van der Waals surface area (Å²) in [6.07, 6.45) is 0.374. The van der Waals surface area contributed by atoms with E-state index in [1.54, 1.807) is 12.1 Å². The number of nitrogens with zero attached hydrogens (tertiary/aromatic N) is 2. The van der Waals surface area contributed by atoms with Crippen molar-refractivity contribution in [3.8, 4) is 0 Å². The second-order valence-electron chi connectivity index (χ2n) is 6.11. The minimum atomic E-state index is -0.518. The zero-order valence-electron chi connectivity index (χ0n) is 13.7. The third kappa shape index (κ3) is 4.55. The number of rotatable bonds is 5. The summed E-state index contributed by atoms with van der Waals surface area (Å²) in [7, 11) is 0. The smallest absolute Gasteiger partial charge is 0.164 e. The monoisotopic (exact) mass is 364 g/mol. The van der Waals surface area contributed by atoms with Crippen LogP contribution >= 0.6 is 11.6 Å². The van der Waals surface area contributed by atoms with Crippen LogP contribution in [-0.2, 0) is 0 Å². The molecule has 1 fully saturated rings. The molecule has 0 N–H and O–H groups in total. The number of carbonyl (C=O) groups is 1. The number of benzene rings is 2. The highest BCUT2D eigenvalue weighted by molar-refractivity contribution is 6.31. The van der Waals surface area contributed by atoms with Gasteiger partial charge in [0, 0.05) is 50.4 Å². The van der Waals surface area contributed by atoms with Crippen molar-refractivity contribution >= 4 is 23.1 Å². The van der Waals surface area contributed by atoms with Gasteiger partial charge in [-0.1, -0.05) is 11.6 Å². The Morgan fingerprint density at radius 1 is 1.00 bits per heavy atom. The molecule has 1 heterocycles. The first-order valence-corrected chi connectivity index (χ1v) is 8.62. The lowest BCUT2D eigenvalue weighted by Gasteiger charge is -2.36. The van der Waals surface area contributed by atoms with Crippen molar-refractivity contribution < 1.29 is 13.6 Å². The van der Waals surface area contributed by atoms with Crippen LogP contribution in [0.1, 0.15) is 16.8 Å². The van der Waals surface area contributed by atoms with E-state index in [0.29, 0.717) is 18.5 Å². The lowest BCUT2D eigenvalue weighted by molar-refractivity contribution is 0.0962. The number of Topliss-reactive ketones (excluding diaryl/α,β-unsaturated/α-hetero) is 1. The van der Waals surface area contributed by atoms with E-state index < -0.39 is 5.82 Å². The third-order valence-electron chi connectivity index (χ3n) is 4.46. The molecule has 0 spiro atoms. The van der Waals surface area contributed by atoms with Gasteiger partial charge in [0.1, 0.15) is 11.6 Å². The van der Waals surface area contributed by atoms with Crippen molar-refractivity contribution in [2.45, 2.75) is 6.42 Å². The summed E-state index contributed by atoms with van der Waals surface area (Å²) in [5.41, 5.74) is 1.45. The highest BCUT2D eigenvalue weighted by Gasteiger charge is 2.18. The summed E-state index contributed by atoms with van der Waals surface area (Å²) in [5, 5.41) is -0.0289. The Hall–Kier alpha value is -1.98. The molecule has 3 rings (SSSR count). The van der Waals surface area contributed by atoms with Crippen LogP contribution in [0, 0.1) is 11.6 Å². The van der Waals surface area contributed by atoms with E-state index in [9.17, 15) is 13.6 Å². The van der Waals surface area contributed by atoms with Gasteiger partial charge in [-0.3, -0.25) is 9.69 Å². The molecule has 0 radical (unpaired) electrons. The van der Waals surface area contributed by atoms with Gasteiger partial charge < -0.3 is 4.90 Å². The summed E-state index contributed by atoms with van der Waals surface area (Å²) < 4.78 is 26.2. The molecule has 2 aromatic rings. The van der Waals surface area contributed by atoms with E-state index in [2.05, 4.69) is 9.80 Å². The Morgan fingerprint density at radius 3 is 2.32 bits per heavy atom. The van der Waals surface area contributed by atoms with Crippen LogP contribution in [0.3, 0.4) is 0 Å². The standard InChI is InChI=1S/C19H19ClF2N2O/c20-17-13-14(1-6-18(17)22)19(25)7-8-23-9-11-24(12-10-23)16-4-2-15(21)3-5-16/h1-6,13H,7-12H2. The highest BCUT2D eigenvalue weighted by Crippen LogP contribution is 2.19. The molecule has 1 saturated heterocycles. The maximum atomic E-state index is 13.2. The molecule has 1 aliphatic rings. The fourth-order valence-corrected chi connectivity index (χ4v) is 3.14. The first-order chi connectivity index (χ1) is 12.0. The highest BCUT2D eigenvalue weighted by atomic mass is 35.5. The Kier molecular flexibility index (Phi) is 5.66. The average Bonchev–Trinajstić information content (AvgIpc) is 2.63. The van der Waals surface area contributed by atoms with Gasteiger partial charge in [0.05, 0.1) is 5.02 Å². The van der Waals surface area contributed by atoms with Crippen molar-refractivity contribution in [2.75, 3.05) is 37.6 Å². The van der Waals surface area contributed by atoms with Gasteiger partial charge in [-0.05, 0) is 42.5 Å². The zero-order chi connectivity index (χ0) is 17.8. The van der Waals surface area contributed by atoms with Gasteiger partial charge in [-0.25, -0.2) is 8.78 Å². The number of piperazine rings is 1. The molecule has 0 aromatic heterocycles. The van der Waals surface area contributed by atoms with Crippen LogP contribution in [0.4, 0.5) is 14.5 Å². The Labute approximate surface area is 150 Å². The van der Waals surface area contributed by atoms with Gasteiger partial charge in [-0.15, -0.1) is 0 Å². The molecular weight excluding hydrogens is 346 g/mol. The molecule has 1 aliphatic heterocycles. The van der Waals surface area contributed by atoms with E-state index in [1.807, 2.05) is 0 Å². The van der Waals surface area contributed by atoms with Crippen LogP contribution in [0.2, 0.25) is 5.02 Å². The second-order valence-corrected chi connectivity index (χ2v) is 6.51. The number of hydrogen-bond donors (Lipinski definition) is 0. The largest absolute Gasteiger partial charge is 0.369 e. The van der Waals surface area contributed by atoms with E-state index in [0.717, 1.165) is 31.9 Å². The van der Waals surface area contributed by atoms with Crippen molar-refractivity contribution in [1.82, 2.24) is 4.90 Å². The van der Waals surface area contributed by atoms with Gasteiger partial charge in [0.15, 0.2) is 5.78 Å². The molecule has 0 aliphatic carbocycles. The van der Waals surface area contributed by atoms with E-state index >= 15 is 0 Å². The molecule has 0 unspecified atom stereocenters. The summed E-state index contributed by atoms with van der Waals surface area (Å²) in [5.74, 6) is -0.792. The van der Waals surface area contributed by atoms with E-state index in [1.165, 1.54) is 30.3 Å². The third-order valence-corrected chi connectivity index (χ3v) is 4.75. The number of hydrogen-bond acceptors (Lipinski definition) is 3. The predicted octanol–water partition coefficient (Wildman–Crippen LogP) is 4.01. The van der Waals surface area contributed by atoms with Crippen LogP contribution in [0.15, 0.2) is 42.5 Å². The summed E-state index contributed by atoms with van der Waals surface area (Å²) in [6, 6.07) is 10.6. The zero-order valence-corrected chi connectivity index (χ0v) is 14.5. The lowest BCUT2D eigenvalue weighted by Crippen LogP contribution is -2.46. The van der Waals surface area contributed by atoms with Crippen molar-refractivity contribution in [3.05, 3.63) is 64.7 Å². The molecule has 0 saturated carbocycles. The normalized spacial score (nSPS) is 15.4. The lowest BCUT2D eigenvalue weighted by atomic mass is 10.1. The maximum absolute atomic E-state index is 13.2. The summed E-state index contributed by atoms with van der Waals surface area (Å²) >= 11 is 5.72. The average molecular weight is 365 g/mol. The van der Waals surface area contributed by atoms with Crippen LogP contribution in [-0.4, -0.2) is 43.4 Å². The minimum absolute atomic E-state index is 0.0289. The molecule has 6 heteroatoms. The Bertz CT molecular complexity index is 744. The van der Waals surface area contributed by atoms with Gasteiger partial charge in [0.25, 0.3) is 0 Å². The Balaban J connectivity index is 1.48. The van der Waals surface area contributed by atoms with Gasteiger partial charge >= 0.3 is 0 Å². The summed E-state index contributed by atoms with van der Waals surface area (Å²) in [4.78, 5) is 16.6. The number of anilines is 1. The SMILES string of the molecule is O=C(CCN1CCN(c2ccc(F)cc2)CC1)c1ccc(F)c(Cl)c1. The van der Waals surface area contributed by atoms with Gasteiger partial charge in [0.2, 0.25) is 0 Å². The molecule has 0 atom stereocenters. The molecule has 2 aromatic carbocycles. The number of ketones is 1. The fraction of sp³-hybridized carbons (Fsp3) is 0.316. The van der Waals surface area contributed by atoms with E-state index in [4.69, 9.17) is 11.6 Å². The van der Waals surface area contributed by atoms with Crippen molar-refractivity contribution in [3.63, 3.8) is 0 Å². The first kappa shape index (κ1) is 17.8. The predicted molar refractivity (Wildman–Crippen MR) is 95.4 cm³/mol. The van der Waals surface area contributed by atoms with Crippen molar-refractivity contribution in [2.24, 2.45) is 0 Å². The topological polar surface area (TPSA) is 23.6 Å². The molecule has 0 amide bonds. The summed E-state index contributed by atoms with van der Waals surface area (Å²) in [6.45, 7) is 4.01. The molecule has 25 heavy (non-hydrogen) atoms. The van der Waals surface area contributed by atoms with Crippen molar-refractivity contribution in [1.29, 1.82) is 0 Å². The first-order valence-electron chi connectivity index (χ1n) is 8.24. The van der Waals surface area contributed by atoms with Crippen LogP contribution < -0.4 is 4.90 Å². The van der Waals surface area contributed by atoms with E-state index in [-0.39, 0.29) is 16.6 Å².